The fourth-order valence-corrected chi connectivity index (χ4v) is 4.19. The van der Waals surface area contributed by atoms with Crippen LogP contribution in [0.2, 0.25) is 0 Å². The van der Waals surface area contributed by atoms with Crippen molar-refractivity contribution in [3.8, 4) is 0 Å². The minimum Gasteiger partial charge on any atom is -0.467 e. The Kier molecular flexibility index (Phi) is 6.32. The van der Waals surface area contributed by atoms with Gasteiger partial charge in [-0.15, -0.1) is 0 Å². The summed E-state index contributed by atoms with van der Waals surface area (Å²) < 4.78 is 4.91. The van der Waals surface area contributed by atoms with Crippen LogP contribution in [-0.4, -0.2) is 48.6 Å². The molecule has 0 aromatic heterocycles. The number of nitrogens with zero attached hydrogens (tertiary/aromatic N) is 1. The maximum Gasteiger partial charge on any atom is 0.328 e. The first-order chi connectivity index (χ1) is 13.0. The highest BCUT2D eigenvalue weighted by Crippen LogP contribution is 2.33. The molecule has 1 aromatic rings. The molecule has 27 heavy (non-hydrogen) atoms. The largest absolute Gasteiger partial charge is 0.467 e. The van der Waals surface area contributed by atoms with Crippen LogP contribution < -0.4 is 5.32 Å². The van der Waals surface area contributed by atoms with Crippen LogP contribution in [-0.2, 0) is 20.7 Å². The molecule has 0 saturated carbocycles. The molecule has 2 aliphatic rings. The van der Waals surface area contributed by atoms with Gasteiger partial charge in [0.15, 0.2) is 0 Å². The second-order valence-electron chi connectivity index (χ2n) is 8.06. The van der Waals surface area contributed by atoms with Crippen LogP contribution in [0.5, 0.6) is 0 Å². The molecule has 1 aromatic carbocycles. The summed E-state index contributed by atoms with van der Waals surface area (Å²) in [7, 11) is 1.37. The van der Waals surface area contributed by atoms with Crippen LogP contribution in [0.3, 0.4) is 0 Å². The van der Waals surface area contributed by atoms with Gasteiger partial charge < -0.3 is 10.1 Å². The van der Waals surface area contributed by atoms with E-state index >= 15 is 0 Å². The van der Waals surface area contributed by atoms with Gasteiger partial charge in [0.1, 0.15) is 6.04 Å². The number of hydrogen-bond acceptors (Lipinski definition) is 4. The monoisotopic (exact) mass is 370 g/mol. The third-order valence-corrected chi connectivity index (χ3v) is 5.51. The molecule has 0 unspecified atom stereocenters. The van der Waals surface area contributed by atoms with Crippen molar-refractivity contribution in [2.45, 2.75) is 51.2 Å². The molecule has 1 aliphatic heterocycles. The molecule has 1 amide bonds. The van der Waals surface area contributed by atoms with E-state index < -0.39 is 6.04 Å². The molecule has 1 N–H and O–H groups in total. The maximum atomic E-state index is 13.2. The number of nitrogens with one attached hydrogen (secondary N) is 1. The van der Waals surface area contributed by atoms with Crippen LogP contribution in [0.1, 0.15) is 32.3 Å². The van der Waals surface area contributed by atoms with Gasteiger partial charge in [-0.05, 0) is 36.7 Å². The summed E-state index contributed by atoms with van der Waals surface area (Å²) in [5, 5.41) is 2.98. The zero-order valence-electron chi connectivity index (χ0n) is 16.4. The summed E-state index contributed by atoms with van der Waals surface area (Å²) in [4.78, 5) is 27.7. The Labute approximate surface area is 161 Å². The summed E-state index contributed by atoms with van der Waals surface area (Å²) >= 11 is 0. The fourth-order valence-electron chi connectivity index (χ4n) is 4.19. The molecule has 2 bridgehead atoms. The number of carbonyl (C=O) groups excluding carboxylic acids is 2. The second kappa shape index (κ2) is 8.70. The average Bonchev–Trinajstić information content (AvgIpc) is 3.28. The number of fused-ring (bicyclic) bond motifs is 2. The maximum absolute atomic E-state index is 13.2. The van der Waals surface area contributed by atoms with Gasteiger partial charge in [0.05, 0.1) is 13.2 Å². The zero-order chi connectivity index (χ0) is 19.4. The van der Waals surface area contributed by atoms with E-state index in [1.54, 1.807) is 0 Å². The van der Waals surface area contributed by atoms with Crippen molar-refractivity contribution in [1.82, 2.24) is 10.2 Å². The molecule has 1 saturated heterocycles. The van der Waals surface area contributed by atoms with Crippen molar-refractivity contribution in [2.24, 2.45) is 11.8 Å². The van der Waals surface area contributed by atoms with Crippen molar-refractivity contribution in [1.29, 1.82) is 0 Å². The van der Waals surface area contributed by atoms with Crippen molar-refractivity contribution in [3.05, 3.63) is 48.0 Å². The Morgan fingerprint density at radius 1 is 1.22 bits per heavy atom. The lowest BCUT2D eigenvalue weighted by Crippen LogP contribution is -2.54. The summed E-state index contributed by atoms with van der Waals surface area (Å²) in [5.74, 6) is 0.357. The molecular formula is C22H30N2O3. The molecule has 0 radical (unpaired) electrons. The van der Waals surface area contributed by atoms with Gasteiger partial charge in [-0.3, -0.25) is 9.69 Å². The first kappa shape index (κ1) is 19.6. The van der Waals surface area contributed by atoms with E-state index in [4.69, 9.17) is 4.74 Å². The van der Waals surface area contributed by atoms with Gasteiger partial charge in [0.2, 0.25) is 5.91 Å². The molecule has 5 nitrogen and oxygen atoms in total. The van der Waals surface area contributed by atoms with Crippen LogP contribution in [0, 0.1) is 11.8 Å². The third-order valence-electron chi connectivity index (χ3n) is 5.51. The number of likely N-dealkylation sites (tertiary alicyclic amines) is 1. The number of amides is 1. The normalized spacial score (nSPS) is 23.4. The molecule has 146 valence electrons. The fraction of sp³-hybridized carbons (Fsp3) is 0.545. The molecule has 1 fully saturated rings. The first-order valence-electron chi connectivity index (χ1n) is 9.84. The molecule has 1 aliphatic carbocycles. The van der Waals surface area contributed by atoms with Gasteiger partial charge in [0, 0.05) is 12.6 Å². The number of carbonyl (C=O) groups is 2. The van der Waals surface area contributed by atoms with Crippen molar-refractivity contribution in [2.75, 3.05) is 13.7 Å². The van der Waals surface area contributed by atoms with Crippen LogP contribution >= 0.6 is 0 Å². The van der Waals surface area contributed by atoms with Crippen molar-refractivity contribution >= 4 is 11.9 Å². The van der Waals surface area contributed by atoms with Gasteiger partial charge in [-0.2, -0.15) is 0 Å². The highest BCUT2D eigenvalue weighted by Gasteiger charge is 2.41. The average molecular weight is 370 g/mol. The third kappa shape index (κ3) is 4.78. The Hall–Kier alpha value is -2.14. The SMILES string of the molecule is COC(=O)[C@@H](CC(C)C)NC(=O)[C@@H](Cc1ccccc1)N1C[C@H]2C=C[C@H]1C2. The molecule has 5 heteroatoms. The molecular weight excluding hydrogens is 340 g/mol. The standard InChI is InChI=1S/C22H30N2O3/c1-15(2)11-19(22(26)27-3)23-21(25)20(13-16-7-5-4-6-8-16)24-14-17-9-10-18(24)12-17/h4-10,15,17-20H,11-14H2,1-3H3,(H,23,25)/t17-,18-,19+,20+/m0/s1. The smallest absolute Gasteiger partial charge is 0.328 e. The number of esters is 1. The molecule has 3 rings (SSSR count). The van der Waals surface area contributed by atoms with Crippen LogP contribution in [0.4, 0.5) is 0 Å². The van der Waals surface area contributed by atoms with E-state index in [2.05, 4.69) is 34.5 Å². The lowest BCUT2D eigenvalue weighted by molar-refractivity contribution is -0.146. The van der Waals surface area contributed by atoms with E-state index in [1.165, 1.54) is 7.11 Å². The number of methoxy groups -OCH3 is 1. The highest BCUT2D eigenvalue weighted by atomic mass is 16.5. The van der Waals surface area contributed by atoms with Gasteiger partial charge in [0.25, 0.3) is 0 Å². The lowest BCUT2D eigenvalue weighted by atomic mass is 10.00. The zero-order valence-corrected chi connectivity index (χ0v) is 16.4. The van der Waals surface area contributed by atoms with Crippen LogP contribution in [0.25, 0.3) is 0 Å². The number of ether oxygens (including phenoxy) is 1. The minimum absolute atomic E-state index is 0.0872. The van der Waals surface area contributed by atoms with E-state index in [9.17, 15) is 9.59 Å². The quantitative estimate of drug-likeness (QED) is 0.564. The summed E-state index contributed by atoms with van der Waals surface area (Å²) in [6, 6.07) is 9.51. The Morgan fingerprint density at radius 2 is 1.96 bits per heavy atom. The summed E-state index contributed by atoms with van der Waals surface area (Å²) in [6.45, 7) is 4.97. The first-order valence-corrected chi connectivity index (χ1v) is 9.84. The molecule has 1 heterocycles. The van der Waals surface area contributed by atoms with E-state index in [-0.39, 0.29) is 23.8 Å². The van der Waals surface area contributed by atoms with Crippen LogP contribution in [0.15, 0.2) is 42.5 Å². The molecule has 4 atom stereocenters. The van der Waals surface area contributed by atoms with Gasteiger partial charge in [-0.1, -0.05) is 56.3 Å². The number of rotatable bonds is 8. The lowest BCUT2D eigenvalue weighted by Gasteiger charge is -2.33. The Morgan fingerprint density at radius 3 is 2.52 bits per heavy atom. The minimum atomic E-state index is -0.601. The highest BCUT2D eigenvalue weighted by molar-refractivity contribution is 5.87. The number of benzene rings is 1. The number of hydrogen-bond donors (Lipinski definition) is 1. The Bertz CT molecular complexity index is 686. The molecule has 0 spiro atoms. The van der Waals surface area contributed by atoms with Gasteiger partial charge in [-0.25, -0.2) is 4.79 Å². The van der Waals surface area contributed by atoms with E-state index in [1.807, 2.05) is 32.0 Å². The topological polar surface area (TPSA) is 58.6 Å². The summed E-state index contributed by atoms with van der Waals surface area (Å²) in [5.41, 5.74) is 1.13. The second-order valence-corrected chi connectivity index (χ2v) is 8.06. The summed E-state index contributed by atoms with van der Waals surface area (Å²) in [6.07, 6.45) is 6.77. The Balaban J connectivity index is 1.77. The van der Waals surface area contributed by atoms with E-state index in [0.29, 0.717) is 24.8 Å². The van der Waals surface area contributed by atoms with Gasteiger partial charge >= 0.3 is 5.97 Å². The predicted molar refractivity (Wildman–Crippen MR) is 105 cm³/mol. The van der Waals surface area contributed by atoms with E-state index in [0.717, 1.165) is 18.5 Å². The predicted octanol–water partition coefficient (Wildman–Crippen LogP) is 2.56. The van der Waals surface area contributed by atoms with Crippen molar-refractivity contribution < 1.29 is 14.3 Å². The van der Waals surface area contributed by atoms with Crippen molar-refractivity contribution in [3.63, 3.8) is 0 Å².